The van der Waals surface area contributed by atoms with Crippen molar-refractivity contribution in [1.29, 1.82) is 0 Å². The molecular weight excluding hydrogens is 326 g/mol. The van der Waals surface area contributed by atoms with Crippen LogP contribution in [-0.4, -0.2) is 17.3 Å². The van der Waals surface area contributed by atoms with E-state index in [-0.39, 0.29) is 17.2 Å². The lowest BCUT2D eigenvalue weighted by Gasteiger charge is -2.25. The summed E-state index contributed by atoms with van der Waals surface area (Å²) in [7, 11) is 0. The van der Waals surface area contributed by atoms with Crippen molar-refractivity contribution in [1.82, 2.24) is 5.32 Å². The van der Waals surface area contributed by atoms with E-state index in [1.165, 1.54) is 11.1 Å². The number of carbonyl (C=O) groups excluding carboxylic acids is 1. The topological polar surface area (TPSA) is 29.1 Å². The zero-order valence-corrected chi connectivity index (χ0v) is 14.9. The minimum absolute atomic E-state index is 0.134. The predicted octanol–water partition coefficient (Wildman–Crippen LogP) is 4.11. The molecule has 0 spiro atoms. The van der Waals surface area contributed by atoms with Crippen molar-refractivity contribution in [3.63, 3.8) is 0 Å². The fourth-order valence-electron chi connectivity index (χ4n) is 3.01. The third kappa shape index (κ3) is 5.14. The van der Waals surface area contributed by atoms with Gasteiger partial charge in [-0.1, -0.05) is 61.0 Å². The number of carbonyl (C=O) groups is 1. The maximum Gasteiger partial charge on any atom is 0.223 e. The SMILES string of the molecule is CC(C)(C)CC(Br)CNC(=O)C1CCc2ccccc2C1. The molecule has 0 fully saturated rings. The van der Waals surface area contributed by atoms with E-state index in [1.54, 1.807) is 0 Å². The highest BCUT2D eigenvalue weighted by Crippen LogP contribution is 2.26. The van der Waals surface area contributed by atoms with Gasteiger partial charge >= 0.3 is 0 Å². The van der Waals surface area contributed by atoms with Gasteiger partial charge in [-0.05, 0) is 42.2 Å². The molecule has 1 aliphatic rings. The van der Waals surface area contributed by atoms with Gasteiger partial charge in [0.25, 0.3) is 0 Å². The van der Waals surface area contributed by atoms with Crippen LogP contribution in [0.4, 0.5) is 0 Å². The summed E-state index contributed by atoms with van der Waals surface area (Å²) in [6.45, 7) is 7.39. The Kier molecular flexibility index (Phi) is 5.48. The van der Waals surface area contributed by atoms with E-state index in [9.17, 15) is 4.79 Å². The third-order valence-corrected chi connectivity index (χ3v) is 4.70. The number of benzene rings is 1. The van der Waals surface area contributed by atoms with Crippen molar-refractivity contribution < 1.29 is 4.79 Å². The minimum atomic E-state index is 0.134. The molecule has 1 aliphatic carbocycles. The van der Waals surface area contributed by atoms with Gasteiger partial charge < -0.3 is 5.32 Å². The Morgan fingerprint density at radius 3 is 2.67 bits per heavy atom. The highest BCUT2D eigenvalue weighted by atomic mass is 79.9. The van der Waals surface area contributed by atoms with Crippen LogP contribution in [0, 0.1) is 11.3 Å². The van der Waals surface area contributed by atoms with Crippen LogP contribution in [0.5, 0.6) is 0 Å². The molecular formula is C18H26BrNO. The molecule has 0 bridgehead atoms. The van der Waals surface area contributed by atoms with Gasteiger partial charge in [0.1, 0.15) is 0 Å². The molecule has 1 aromatic rings. The number of fused-ring (bicyclic) bond motifs is 1. The van der Waals surface area contributed by atoms with Crippen LogP contribution in [0.15, 0.2) is 24.3 Å². The number of hydrogen-bond donors (Lipinski definition) is 1. The van der Waals surface area contributed by atoms with Crippen molar-refractivity contribution in [2.24, 2.45) is 11.3 Å². The molecule has 2 nitrogen and oxygen atoms in total. The number of amides is 1. The second-order valence-corrected chi connectivity index (χ2v) is 8.61. The van der Waals surface area contributed by atoms with E-state index in [4.69, 9.17) is 0 Å². The minimum Gasteiger partial charge on any atom is -0.355 e. The lowest BCUT2D eigenvalue weighted by Crippen LogP contribution is -2.37. The summed E-state index contributed by atoms with van der Waals surface area (Å²) >= 11 is 3.68. The highest BCUT2D eigenvalue weighted by Gasteiger charge is 2.25. The summed E-state index contributed by atoms with van der Waals surface area (Å²) in [4.78, 5) is 12.7. The molecule has 1 aromatic carbocycles. The summed E-state index contributed by atoms with van der Waals surface area (Å²) in [6.07, 6.45) is 3.93. The zero-order valence-electron chi connectivity index (χ0n) is 13.3. The molecule has 0 saturated carbocycles. The van der Waals surface area contributed by atoms with Gasteiger partial charge in [0.05, 0.1) is 0 Å². The Morgan fingerprint density at radius 2 is 2.00 bits per heavy atom. The Labute approximate surface area is 136 Å². The lowest BCUT2D eigenvalue weighted by molar-refractivity contribution is -0.125. The van der Waals surface area contributed by atoms with Crippen LogP contribution in [0.1, 0.15) is 44.7 Å². The zero-order chi connectivity index (χ0) is 15.5. The van der Waals surface area contributed by atoms with E-state index in [1.807, 2.05) is 0 Å². The normalized spacial score (nSPS) is 19.7. The lowest BCUT2D eigenvalue weighted by atomic mass is 9.83. The average Bonchev–Trinajstić information content (AvgIpc) is 2.42. The molecule has 2 rings (SSSR count). The maximum atomic E-state index is 12.3. The number of hydrogen-bond acceptors (Lipinski definition) is 1. The molecule has 0 aromatic heterocycles. The first kappa shape index (κ1) is 16.5. The van der Waals surface area contributed by atoms with Crippen LogP contribution in [0.25, 0.3) is 0 Å². The fourth-order valence-corrected chi connectivity index (χ4v) is 4.15. The maximum absolute atomic E-state index is 12.3. The van der Waals surface area contributed by atoms with Crippen molar-refractivity contribution >= 4 is 21.8 Å². The number of rotatable bonds is 4. The van der Waals surface area contributed by atoms with Crippen LogP contribution in [0.3, 0.4) is 0 Å². The summed E-state index contributed by atoms with van der Waals surface area (Å²) in [5, 5.41) is 3.12. The van der Waals surface area contributed by atoms with Crippen molar-refractivity contribution in [2.75, 3.05) is 6.54 Å². The molecule has 116 valence electrons. The number of nitrogens with one attached hydrogen (secondary N) is 1. The van der Waals surface area contributed by atoms with Crippen LogP contribution in [0.2, 0.25) is 0 Å². The van der Waals surface area contributed by atoms with Crippen LogP contribution >= 0.6 is 15.9 Å². The first-order valence-corrected chi connectivity index (χ1v) is 8.75. The quantitative estimate of drug-likeness (QED) is 0.812. The Morgan fingerprint density at radius 1 is 1.33 bits per heavy atom. The molecule has 0 radical (unpaired) electrons. The summed E-state index contributed by atoms with van der Waals surface area (Å²) in [5.74, 6) is 0.345. The molecule has 21 heavy (non-hydrogen) atoms. The third-order valence-electron chi connectivity index (χ3n) is 4.05. The molecule has 0 heterocycles. The van der Waals surface area contributed by atoms with E-state index < -0.39 is 0 Å². The summed E-state index contributed by atoms with van der Waals surface area (Å²) < 4.78 is 0. The number of aryl methyl sites for hydroxylation is 1. The second-order valence-electron chi connectivity index (χ2n) is 7.32. The molecule has 0 saturated heterocycles. The monoisotopic (exact) mass is 351 g/mol. The highest BCUT2D eigenvalue weighted by molar-refractivity contribution is 9.09. The van der Waals surface area contributed by atoms with Gasteiger partial charge in [0.15, 0.2) is 0 Å². The van der Waals surface area contributed by atoms with Gasteiger partial charge in [0, 0.05) is 17.3 Å². The first-order valence-electron chi connectivity index (χ1n) is 7.84. The van der Waals surface area contributed by atoms with Gasteiger partial charge in [-0.2, -0.15) is 0 Å². The Bertz CT molecular complexity index is 492. The van der Waals surface area contributed by atoms with E-state index >= 15 is 0 Å². The molecule has 1 N–H and O–H groups in total. The predicted molar refractivity (Wildman–Crippen MR) is 91.8 cm³/mol. The summed E-state index contributed by atoms with van der Waals surface area (Å²) in [6, 6.07) is 8.49. The van der Waals surface area contributed by atoms with Gasteiger partial charge in [-0.3, -0.25) is 4.79 Å². The van der Waals surface area contributed by atoms with Crippen LogP contribution in [-0.2, 0) is 17.6 Å². The largest absolute Gasteiger partial charge is 0.355 e. The Hall–Kier alpha value is -0.830. The van der Waals surface area contributed by atoms with Gasteiger partial charge in [0.2, 0.25) is 5.91 Å². The number of halogens is 1. The fraction of sp³-hybridized carbons (Fsp3) is 0.611. The Balaban J connectivity index is 1.82. The molecule has 2 atom stereocenters. The van der Waals surface area contributed by atoms with Crippen molar-refractivity contribution in [3.05, 3.63) is 35.4 Å². The molecule has 2 unspecified atom stereocenters. The van der Waals surface area contributed by atoms with Crippen LogP contribution < -0.4 is 5.32 Å². The van der Waals surface area contributed by atoms with E-state index in [0.717, 1.165) is 25.7 Å². The average molecular weight is 352 g/mol. The van der Waals surface area contributed by atoms with Crippen molar-refractivity contribution in [3.8, 4) is 0 Å². The standard InChI is InChI=1S/C18H26BrNO/c1-18(2,3)11-16(19)12-20-17(21)15-9-8-13-6-4-5-7-14(13)10-15/h4-7,15-16H,8-12H2,1-3H3,(H,20,21). The molecule has 0 aliphatic heterocycles. The van der Waals surface area contributed by atoms with Gasteiger partial charge in [-0.15, -0.1) is 0 Å². The summed E-state index contributed by atoms with van der Waals surface area (Å²) in [5.41, 5.74) is 3.03. The number of alkyl halides is 1. The molecule has 3 heteroatoms. The van der Waals surface area contributed by atoms with E-state index in [2.05, 4.69) is 66.3 Å². The second kappa shape index (κ2) is 6.95. The van der Waals surface area contributed by atoms with E-state index in [0.29, 0.717) is 11.4 Å². The first-order chi connectivity index (χ1) is 9.85. The molecule has 1 amide bonds. The smallest absolute Gasteiger partial charge is 0.223 e. The van der Waals surface area contributed by atoms with Gasteiger partial charge in [-0.25, -0.2) is 0 Å². The van der Waals surface area contributed by atoms with Crippen molar-refractivity contribution in [2.45, 2.75) is 51.3 Å².